The molecule has 0 aliphatic carbocycles. The van der Waals surface area contributed by atoms with Gasteiger partial charge in [-0.2, -0.15) is 0 Å². The summed E-state index contributed by atoms with van der Waals surface area (Å²) in [7, 11) is 0. The van der Waals surface area contributed by atoms with E-state index in [0.717, 1.165) is 19.4 Å². The fraction of sp³-hybridized carbons (Fsp3) is 0.900. The van der Waals surface area contributed by atoms with Crippen molar-refractivity contribution in [3.05, 3.63) is 0 Å². The van der Waals surface area contributed by atoms with Gasteiger partial charge in [0.15, 0.2) is 0 Å². The van der Waals surface area contributed by atoms with Gasteiger partial charge in [0, 0.05) is 26.2 Å². The molecule has 0 bridgehead atoms. The van der Waals surface area contributed by atoms with E-state index in [9.17, 15) is 4.79 Å². The van der Waals surface area contributed by atoms with Crippen LogP contribution in [0, 0.1) is 0 Å². The molecule has 2 N–H and O–H groups in total. The van der Waals surface area contributed by atoms with Crippen LogP contribution in [0.25, 0.3) is 0 Å². The van der Waals surface area contributed by atoms with Crippen LogP contribution in [0.5, 0.6) is 0 Å². The molecule has 1 unspecified atom stereocenters. The van der Waals surface area contributed by atoms with Crippen molar-refractivity contribution in [2.24, 2.45) is 0 Å². The van der Waals surface area contributed by atoms with E-state index in [4.69, 9.17) is 9.84 Å². The van der Waals surface area contributed by atoms with E-state index in [-0.39, 0.29) is 18.1 Å². The minimum Gasteiger partial charge on any atom is -0.396 e. The fourth-order valence-electron chi connectivity index (χ4n) is 1.59. The summed E-state index contributed by atoms with van der Waals surface area (Å²) in [5.74, 6) is -0.00391. The monoisotopic (exact) mass is 201 g/mol. The van der Waals surface area contributed by atoms with Crippen LogP contribution in [-0.4, -0.2) is 36.4 Å². The van der Waals surface area contributed by atoms with Gasteiger partial charge in [0.05, 0.1) is 5.60 Å². The first-order valence-corrected chi connectivity index (χ1v) is 5.18. The zero-order valence-electron chi connectivity index (χ0n) is 8.71. The Morgan fingerprint density at radius 3 is 3.00 bits per heavy atom. The largest absolute Gasteiger partial charge is 0.396 e. The van der Waals surface area contributed by atoms with Gasteiger partial charge in [0.25, 0.3) is 0 Å². The second kappa shape index (κ2) is 5.32. The van der Waals surface area contributed by atoms with Crippen molar-refractivity contribution in [2.75, 3.05) is 19.8 Å². The lowest BCUT2D eigenvalue weighted by molar-refractivity contribution is -0.122. The van der Waals surface area contributed by atoms with Gasteiger partial charge in [-0.1, -0.05) is 0 Å². The Bertz CT molecular complexity index is 188. The SMILES string of the molecule is CC1(CNC(=O)CCCO)CCCO1. The first kappa shape index (κ1) is 11.5. The molecule has 0 aromatic carbocycles. The van der Waals surface area contributed by atoms with Gasteiger partial charge in [-0.25, -0.2) is 0 Å². The molecule has 1 aliphatic rings. The maximum atomic E-state index is 11.2. The smallest absolute Gasteiger partial charge is 0.220 e. The Hall–Kier alpha value is -0.610. The molecule has 4 nitrogen and oxygen atoms in total. The molecule has 0 aromatic rings. The summed E-state index contributed by atoms with van der Waals surface area (Å²) in [5, 5.41) is 11.4. The zero-order valence-corrected chi connectivity index (χ0v) is 8.71. The lowest BCUT2D eigenvalue weighted by atomic mass is 10.0. The first-order valence-electron chi connectivity index (χ1n) is 5.18. The fourth-order valence-corrected chi connectivity index (χ4v) is 1.59. The summed E-state index contributed by atoms with van der Waals surface area (Å²) in [4.78, 5) is 11.2. The van der Waals surface area contributed by atoms with Crippen LogP contribution >= 0.6 is 0 Å². The molecule has 1 atom stereocenters. The van der Waals surface area contributed by atoms with E-state index < -0.39 is 0 Å². The maximum Gasteiger partial charge on any atom is 0.220 e. The number of aliphatic hydroxyl groups excluding tert-OH is 1. The molecule has 0 aromatic heterocycles. The van der Waals surface area contributed by atoms with E-state index in [0.29, 0.717) is 19.4 Å². The number of nitrogens with one attached hydrogen (secondary N) is 1. The number of ether oxygens (including phenoxy) is 1. The summed E-state index contributed by atoms with van der Waals surface area (Å²) < 4.78 is 5.53. The van der Waals surface area contributed by atoms with E-state index in [1.807, 2.05) is 6.92 Å². The van der Waals surface area contributed by atoms with E-state index in [2.05, 4.69) is 5.32 Å². The summed E-state index contributed by atoms with van der Waals surface area (Å²) in [6.45, 7) is 3.47. The Morgan fingerprint density at radius 2 is 2.43 bits per heavy atom. The standard InChI is InChI=1S/C10H19NO3/c1-10(5-3-7-14-10)8-11-9(13)4-2-6-12/h12H,2-8H2,1H3,(H,11,13). The van der Waals surface area contributed by atoms with Crippen molar-refractivity contribution < 1.29 is 14.6 Å². The van der Waals surface area contributed by atoms with Gasteiger partial charge in [-0.3, -0.25) is 4.79 Å². The van der Waals surface area contributed by atoms with Crippen LogP contribution in [0.15, 0.2) is 0 Å². The van der Waals surface area contributed by atoms with Crippen molar-refractivity contribution in [3.8, 4) is 0 Å². The molecule has 1 aliphatic heterocycles. The molecule has 1 heterocycles. The van der Waals surface area contributed by atoms with E-state index in [1.165, 1.54) is 0 Å². The van der Waals surface area contributed by atoms with Crippen molar-refractivity contribution in [2.45, 2.75) is 38.2 Å². The van der Waals surface area contributed by atoms with E-state index >= 15 is 0 Å². The Balaban J connectivity index is 2.15. The van der Waals surface area contributed by atoms with Gasteiger partial charge in [0.1, 0.15) is 0 Å². The molecular formula is C10H19NO3. The third kappa shape index (κ3) is 3.64. The number of carbonyl (C=O) groups is 1. The zero-order chi connectivity index (χ0) is 10.4. The highest BCUT2D eigenvalue weighted by Gasteiger charge is 2.29. The highest BCUT2D eigenvalue weighted by atomic mass is 16.5. The van der Waals surface area contributed by atoms with Crippen LogP contribution in [0.2, 0.25) is 0 Å². The predicted octanol–water partition coefficient (Wildman–Crippen LogP) is 0.444. The third-order valence-corrected chi connectivity index (χ3v) is 2.52. The Labute approximate surface area is 84.6 Å². The van der Waals surface area contributed by atoms with Crippen molar-refractivity contribution in [1.82, 2.24) is 5.32 Å². The molecule has 0 saturated carbocycles. The van der Waals surface area contributed by atoms with Crippen LogP contribution < -0.4 is 5.32 Å². The average molecular weight is 201 g/mol. The molecule has 14 heavy (non-hydrogen) atoms. The lowest BCUT2D eigenvalue weighted by Gasteiger charge is -2.23. The van der Waals surface area contributed by atoms with Gasteiger partial charge in [-0.15, -0.1) is 0 Å². The lowest BCUT2D eigenvalue weighted by Crippen LogP contribution is -2.40. The van der Waals surface area contributed by atoms with Gasteiger partial charge in [0.2, 0.25) is 5.91 Å². The summed E-state index contributed by atoms with van der Waals surface area (Å²) in [6.07, 6.45) is 3.01. The van der Waals surface area contributed by atoms with Crippen molar-refractivity contribution >= 4 is 5.91 Å². The van der Waals surface area contributed by atoms with Crippen LogP contribution in [0.3, 0.4) is 0 Å². The van der Waals surface area contributed by atoms with Crippen molar-refractivity contribution in [1.29, 1.82) is 0 Å². The second-order valence-electron chi connectivity index (χ2n) is 4.01. The molecule has 0 radical (unpaired) electrons. The van der Waals surface area contributed by atoms with E-state index in [1.54, 1.807) is 0 Å². The van der Waals surface area contributed by atoms with Crippen LogP contribution in [-0.2, 0) is 9.53 Å². The minimum absolute atomic E-state index is 0.00391. The molecule has 0 spiro atoms. The number of hydrogen-bond donors (Lipinski definition) is 2. The maximum absolute atomic E-state index is 11.2. The Morgan fingerprint density at radius 1 is 1.64 bits per heavy atom. The molecule has 1 amide bonds. The number of amides is 1. The highest BCUT2D eigenvalue weighted by molar-refractivity contribution is 5.75. The molecule has 1 rings (SSSR count). The molecular weight excluding hydrogens is 182 g/mol. The van der Waals surface area contributed by atoms with Gasteiger partial charge < -0.3 is 15.2 Å². The van der Waals surface area contributed by atoms with Gasteiger partial charge in [-0.05, 0) is 26.2 Å². The number of aliphatic hydroxyl groups is 1. The van der Waals surface area contributed by atoms with Crippen LogP contribution in [0.1, 0.15) is 32.6 Å². The number of hydrogen-bond acceptors (Lipinski definition) is 3. The molecule has 4 heteroatoms. The predicted molar refractivity (Wildman–Crippen MR) is 52.9 cm³/mol. The van der Waals surface area contributed by atoms with Crippen molar-refractivity contribution in [3.63, 3.8) is 0 Å². The quantitative estimate of drug-likeness (QED) is 0.678. The van der Waals surface area contributed by atoms with Gasteiger partial charge >= 0.3 is 0 Å². The molecule has 1 fully saturated rings. The first-order chi connectivity index (χ1) is 6.66. The number of rotatable bonds is 5. The normalized spacial score (nSPS) is 26.4. The third-order valence-electron chi connectivity index (χ3n) is 2.52. The molecule has 82 valence electrons. The topological polar surface area (TPSA) is 58.6 Å². The minimum atomic E-state index is -0.172. The summed E-state index contributed by atoms with van der Waals surface area (Å²) >= 11 is 0. The Kier molecular flexibility index (Phi) is 4.35. The number of carbonyl (C=O) groups excluding carboxylic acids is 1. The molecule has 1 saturated heterocycles. The summed E-state index contributed by atoms with van der Waals surface area (Å²) in [5.41, 5.74) is -0.172. The van der Waals surface area contributed by atoms with Crippen LogP contribution in [0.4, 0.5) is 0 Å². The highest BCUT2D eigenvalue weighted by Crippen LogP contribution is 2.23. The summed E-state index contributed by atoms with van der Waals surface area (Å²) in [6, 6.07) is 0. The second-order valence-corrected chi connectivity index (χ2v) is 4.01. The average Bonchev–Trinajstić information content (AvgIpc) is 2.60.